The normalized spacial score (nSPS) is 21.7. The Hall–Kier alpha value is -4.07. The summed E-state index contributed by atoms with van der Waals surface area (Å²) in [6.45, 7) is 2.46. The first-order valence-electron chi connectivity index (χ1n) is 17.3. The van der Waals surface area contributed by atoms with Crippen molar-refractivity contribution < 1.29 is 49.1 Å². The van der Waals surface area contributed by atoms with Gasteiger partial charge in [-0.25, -0.2) is 0 Å². The van der Waals surface area contributed by atoms with Gasteiger partial charge in [0.15, 0.2) is 0 Å². The van der Waals surface area contributed by atoms with Gasteiger partial charge >= 0.3 is 18.5 Å². The minimum Gasteiger partial charge on any atom is -0.342 e. The Balaban J connectivity index is 1.27. The second kappa shape index (κ2) is 14.4. The number of hydrogen-bond acceptors (Lipinski definition) is 3. The average Bonchev–Trinajstić information content (AvgIpc) is 3.66. The lowest BCUT2D eigenvalue weighted by molar-refractivity contribution is -0.143. The van der Waals surface area contributed by atoms with Gasteiger partial charge in [0.1, 0.15) is 0 Å². The van der Waals surface area contributed by atoms with Crippen molar-refractivity contribution in [2.45, 2.75) is 81.0 Å². The van der Waals surface area contributed by atoms with Crippen molar-refractivity contribution in [3.05, 3.63) is 106 Å². The molecule has 3 aromatic carbocycles. The van der Waals surface area contributed by atoms with Gasteiger partial charge in [0.05, 0.1) is 22.1 Å². The van der Waals surface area contributed by atoms with Crippen LogP contribution in [-0.4, -0.2) is 71.3 Å². The zero-order valence-electron chi connectivity index (χ0n) is 28.1. The van der Waals surface area contributed by atoms with Crippen molar-refractivity contribution >= 4 is 11.8 Å². The van der Waals surface area contributed by atoms with Crippen molar-refractivity contribution in [3.63, 3.8) is 0 Å². The van der Waals surface area contributed by atoms with E-state index in [1.807, 2.05) is 35.2 Å². The Morgan fingerprint density at radius 1 is 0.673 bits per heavy atom. The number of amides is 2. The van der Waals surface area contributed by atoms with Crippen molar-refractivity contribution in [2.75, 3.05) is 32.7 Å². The molecule has 0 saturated carbocycles. The van der Waals surface area contributed by atoms with E-state index in [0.29, 0.717) is 63.1 Å². The summed E-state index contributed by atoms with van der Waals surface area (Å²) in [7, 11) is 0. The van der Waals surface area contributed by atoms with Gasteiger partial charge in [-0.2, -0.15) is 39.5 Å². The van der Waals surface area contributed by atoms with Gasteiger partial charge in [-0.05, 0) is 99.5 Å². The number of hydrogen-bond donors (Lipinski definition) is 0. The maximum Gasteiger partial charge on any atom is 0.416 e. The molecule has 3 heterocycles. The van der Waals surface area contributed by atoms with Crippen LogP contribution in [-0.2, 0) is 35.2 Å². The molecule has 0 unspecified atom stereocenters. The van der Waals surface area contributed by atoms with Crippen LogP contribution in [0.5, 0.6) is 0 Å². The molecule has 3 aromatic rings. The number of halogens is 9. The summed E-state index contributed by atoms with van der Waals surface area (Å²) in [5, 5.41) is 0. The second-order valence-corrected chi connectivity index (χ2v) is 14.0. The topological polar surface area (TPSA) is 43.9 Å². The SMILES string of the molecule is O=C(c1cc(C(F)(F)F)cc(C(F)(F)F)c1)N1CC[C@@H](N2CCC(C(=O)N3CCCC3)(c3ccccc3)CC2)C[C@H]1Cc1ccc(C(F)(F)F)cc1. The number of alkyl halides is 9. The molecule has 0 spiro atoms. The highest BCUT2D eigenvalue weighted by Gasteiger charge is 2.47. The van der Waals surface area contributed by atoms with Crippen LogP contribution in [0.3, 0.4) is 0 Å². The lowest BCUT2D eigenvalue weighted by Gasteiger charge is -2.48. The third kappa shape index (κ3) is 7.96. The van der Waals surface area contributed by atoms with Crippen molar-refractivity contribution in [1.29, 1.82) is 0 Å². The third-order valence-corrected chi connectivity index (χ3v) is 10.8. The number of rotatable bonds is 6. The molecule has 5 nitrogen and oxygen atoms in total. The van der Waals surface area contributed by atoms with E-state index in [2.05, 4.69) is 4.90 Å². The lowest BCUT2D eigenvalue weighted by Crippen LogP contribution is -2.57. The van der Waals surface area contributed by atoms with Crippen LogP contribution >= 0.6 is 0 Å². The largest absolute Gasteiger partial charge is 0.416 e. The number of carbonyl (C=O) groups is 2. The summed E-state index contributed by atoms with van der Waals surface area (Å²) >= 11 is 0. The Labute approximate surface area is 295 Å². The minimum atomic E-state index is -5.15. The molecular formula is C38H38F9N3O2. The molecule has 280 valence electrons. The van der Waals surface area contributed by atoms with E-state index < -0.39 is 58.1 Å². The molecule has 0 radical (unpaired) electrons. The van der Waals surface area contributed by atoms with E-state index in [1.165, 1.54) is 17.0 Å². The first-order valence-corrected chi connectivity index (χ1v) is 17.3. The first-order chi connectivity index (χ1) is 24.5. The molecule has 0 bridgehead atoms. The third-order valence-electron chi connectivity index (χ3n) is 10.8. The Kier molecular flexibility index (Phi) is 10.4. The summed E-state index contributed by atoms with van der Waals surface area (Å²) in [4.78, 5) is 33.3. The van der Waals surface area contributed by atoms with Crippen molar-refractivity contribution in [3.8, 4) is 0 Å². The van der Waals surface area contributed by atoms with Gasteiger partial charge in [-0.3, -0.25) is 9.59 Å². The molecule has 3 saturated heterocycles. The van der Waals surface area contributed by atoms with Crippen LogP contribution in [0.2, 0.25) is 0 Å². The van der Waals surface area contributed by atoms with Crippen LogP contribution in [0.15, 0.2) is 72.8 Å². The molecule has 0 N–H and O–H groups in total. The second-order valence-electron chi connectivity index (χ2n) is 14.0. The summed E-state index contributed by atoms with van der Waals surface area (Å²) in [5.74, 6) is -0.930. The first kappa shape index (κ1) is 37.7. The molecule has 52 heavy (non-hydrogen) atoms. The molecule has 2 amide bonds. The summed E-state index contributed by atoms with van der Waals surface area (Å²) in [6.07, 6.45) is -11.3. The predicted molar refractivity (Wildman–Crippen MR) is 174 cm³/mol. The van der Waals surface area contributed by atoms with Crippen LogP contribution in [0, 0.1) is 0 Å². The van der Waals surface area contributed by atoms with Gasteiger partial charge in [-0.1, -0.05) is 42.5 Å². The van der Waals surface area contributed by atoms with E-state index in [4.69, 9.17) is 0 Å². The molecular weight excluding hydrogens is 701 g/mol. The maximum absolute atomic E-state index is 14.0. The summed E-state index contributed by atoms with van der Waals surface area (Å²) < 4.78 is 122. The fraction of sp³-hybridized carbons (Fsp3) is 0.474. The van der Waals surface area contributed by atoms with Crippen LogP contribution in [0.25, 0.3) is 0 Å². The van der Waals surface area contributed by atoms with Gasteiger partial charge in [0.2, 0.25) is 5.91 Å². The number of piperidine rings is 2. The van der Waals surface area contributed by atoms with E-state index in [0.717, 1.165) is 30.5 Å². The minimum absolute atomic E-state index is 0.000561. The molecule has 3 aliphatic heterocycles. The lowest BCUT2D eigenvalue weighted by atomic mass is 9.71. The molecule has 0 aliphatic carbocycles. The van der Waals surface area contributed by atoms with Gasteiger partial charge in [0.25, 0.3) is 5.91 Å². The van der Waals surface area contributed by atoms with Crippen LogP contribution in [0.1, 0.15) is 76.7 Å². The highest BCUT2D eigenvalue weighted by molar-refractivity contribution is 5.95. The Bertz CT molecular complexity index is 1690. The quantitative estimate of drug-likeness (QED) is 0.238. The molecule has 3 aliphatic rings. The molecule has 6 rings (SSSR count). The number of nitrogens with zero attached hydrogens (tertiary/aromatic N) is 3. The number of benzene rings is 3. The van der Waals surface area contributed by atoms with E-state index in [-0.39, 0.29) is 37.4 Å². The van der Waals surface area contributed by atoms with Crippen molar-refractivity contribution in [2.24, 2.45) is 0 Å². The molecule has 0 aromatic heterocycles. The number of carbonyl (C=O) groups excluding carboxylic acids is 2. The highest BCUT2D eigenvalue weighted by atomic mass is 19.4. The monoisotopic (exact) mass is 739 g/mol. The molecule has 2 atom stereocenters. The fourth-order valence-electron chi connectivity index (χ4n) is 8.05. The Morgan fingerprint density at radius 2 is 1.23 bits per heavy atom. The highest BCUT2D eigenvalue weighted by Crippen LogP contribution is 2.41. The van der Waals surface area contributed by atoms with E-state index in [9.17, 15) is 49.1 Å². The van der Waals surface area contributed by atoms with E-state index >= 15 is 0 Å². The Morgan fingerprint density at radius 3 is 1.77 bits per heavy atom. The zero-order chi connectivity index (χ0) is 37.5. The summed E-state index contributed by atoms with van der Waals surface area (Å²) in [6, 6.07) is 13.8. The zero-order valence-corrected chi connectivity index (χ0v) is 28.1. The predicted octanol–water partition coefficient (Wildman–Crippen LogP) is 8.62. The molecule has 14 heteroatoms. The smallest absolute Gasteiger partial charge is 0.342 e. The van der Waals surface area contributed by atoms with Gasteiger partial charge in [0, 0.05) is 37.3 Å². The maximum atomic E-state index is 14.0. The fourth-order valence-corrected chi connectivity index (χ4v) is 8.05. The average molecular weight is 740 g/mol. The summed E-state index contributed by atoms with van der Waals surface area (Å²) in [5.41, 5.74) is -4.24. The number of likely N-dealkylation sites (tertiary alicyclic amines) is 3. The standard InChI is InChI=1S/C38H38F9N3O2/c39-36(40,41)28-10-8-25(9-11-28)20-32-24-31(12-17-50(32)33(51)26-21-29(37(42,43)44)23-30(22-26)38(45,46)47)48-18-13-35(14-19-48,27-6-2-1-3-7-27)34(52)49-15-4-5-16-49/h1-3,6-11,21-23,31-32H,4-5,12-20,24H2/t31-,32-/m1/s1. The van der Waals surface area contributed by atoms with Crippen molar-refractivity contribution in [1.82, 2.24) is 14.7 Å². The van der Waals surface area contributed by atoms with Gasteiger partial charge in [-0.15, -0.1) is 0 Å². The van der Waals surface area contributed by atoms with Gasteiger partial charge < -0.3 is 14.7 Å². The van der Waals surface area contributed by atoms with E-state index in [1.54, 1.807) is 0 Å². The van der Waals surface area contributed by atoms with Crippen LogP contribution < -0.4 is 0 Å². The van der Waals surface area contributed by atoms with Crippen LogP contribution in [0.4, 0.5) is 39.5 Å². The molecule has 3 fully saturated rings.